The van der Waals surface area contributed by atoms with E-state index in [0.717, 1.165) is 29.8 Å². The van der Waals surface area contributed by atoms with Gasteiger partial charge in [0.15, 0.2) is 0 Å². The second-order valence-electron chi connectivity index (χ2n) is 5.94. The lowest BCUT2D eigenvalue weighted by molar-refractivity contribution is 0.0934. The first kappa shape index (κ1) is 15.4. The number of ether oxygens (including phenoxy) is 1. The van der Waals surface area contributed by atoms with Crippen LogP contribution in [0.5, 0.6) is 5.75 Å². The van der Waals surface area contributed by atoms with Crippen LogP contribution in [0.1, 0.15) is 34.8 Å². The molecule has 1 N–H and O–H groups in total. The predicted molar refractivity (Wildman–Crippen MR) is 92.7 cm³/mol. The molecule has 4 rings (SSSR count). The molecule has 0 radical (unpaired) electrons. The van der Waals surface area contributed by atoms with E-state index in [-0.39, 0.29) is 11.9 Å². The third kappa shape index (κ3) is 3.24. The fourth-order valence-electron chi connectivity index (χ4n) is 3.05. The van der Waals surface area contributed by atoms with E-state index in [0.29, 0.717) is 12.2 Å². The molecule has 0 spiro atoms. The normalized spacial score (nSPS) is 16.4. The molecule has 126 valence electrons. The molecule has 25 heavy (non-hydrogen) atoms. The van der Waals surface area contributed by atoms with Crippen LogP contribution in [-0.2, 0) is 0 Å². The van der Waals surface area contributed by atoms with E-state index in [1.807, 2.05) is 42.5 Å². The van der Waals surface area contributed by atoms with Crippen LogP contribution in [0.3, 0.4) is 0 Å². The maximum absolute atomic E-state index is 12.8. The van der Waals surface area contributed by atoms with E-state index < -0.39 is 0 Å². The number of rotatable bonds is 3. The summed E-state index contributed by atoms with van der Waals surface area (Å²) in [6, 6.07) is 15.2. The lowest BCUT2D eigenvalue weighted by Crippen LogP contribution is -2.28. The van der Waals surface area contributed by atoms with Gasteiger partial charge in [-0.1, -0.05) is 24.3 Å². The quantitative estimate of drug-likeness (QED) is 0.799. The fraction of sp³-hybridized carbons (Fsp3) is 0.211. The number of fused-ring (bicyclic) bond motifs is 1. The Hall–Kier alpha value is -3.15. The molecule has 1 atom stereocenters. The number of amides is 1. The number of nitrogens with zero attached hydrogens (tertiary/aromatic N) is 3. The highest BCUT2D eigenvalue weighted by Crippen LogP contribution is 2.31. The van der Waals surface area contributed by atoms with Crippen molar-refractivity contribution in [3.05, 3.63) is 72.3 Å². The van der Waals surface area contributed by atoms with Gasteiger partial charge in [-0.05, 0) is 37.1 Å². The second-order valence-corrected chi connectivity index (χ2v) is 5.94. The third-order valence-corrected chi connectivity index (χ3v) is 4.29. The Balaban J connectivity index is 1.57. The van der Waals surface area contributed by atoms with E-state index in [9.17, 15) is 4.79 Å². The molecule has 1 aliphatic heterocycles. The van der Waals surface area contributed by atoms with Gasteiger partial charge in [-0.2, -0.15) is 5.10 Å². The molecule has 0 bridgehead atoms. The van der Waals surface area contributed by atoms with Crippen molar-refractivity contribution in [1.29, 1.82) is 0 Å². The molecule has 1 amide bonds. The molecular weight excluding hydrogens is 316 g/mol. The molecule has 2 heterocycles. The van der Waals surface area contributed by atoms with Gasteiger partial charge in [0.1, 0.15) is 18.4 Å². The van der Waals surface area contributed by atoms with Crippen LogP contribution in [0.15, 0.2) is 61.2 Å². The van der Waals surface area contributed by atoms with Gasteiger partial charge in [-0.15, -0.1) is 0 Å². The highest BCUT2D eigenvalue weighted by atomic mass is 16.5. The van der Waals surface area contributed by atoms with Gasteiger partial charge in [0, 0.05) is 11.1 Å². The van der Waals surface area contributed by atoms with Crippen molar-refractivity contribution in [3.63, 3.8) is 0 Å². The Morgan fingerprint density at radius 2 is 2.12 bits per heavy atom. The molecule has 6 nitrogen and oxygen atoms in total. The van der Waals surface area contributed by atoms with Crippen molar-refractivity contribution >= 4 is 5.91 Å². The van der Waals surface area contributed by atoms with Crippen LogP contribution >= 0.6 is 0 Å². The first-order valence-electron chi connectivity index (χ1n) is 8.29. The number of para-hydroxylation sites is 1. The molecule has 6 heteroatoms. The summed E-state index contributed by atoms with van der Waals surface area (Å²) in [5.41, 5.74) is 2.42. The summed E-state index contributed by atoms with van der Waals surface area (Å²) < 4.78 is 7.39. The molecule has 0 unspecified atom stereocenters. The van der Waals surface area contributed by atoms with E-state index in [1.165, 1.54) is 6.33 Å². The van der Waals surface area contributed by atoms with Gasteiger partial charge < -0.3 is 10.1 Å². The maximum Gasteiger partial charge on any atom is 0.251 e. The standard InChI is InChI=1S/C19H18N4O2/c24-19(14-5-3-6-15(11-14)23-13-20-12-21-23)22-17-8-4-10-25-18-9-2-1-7-16(17)18/h1-3,5-7,9,11-13,17H,4,8,10H2,(H,22,24)/t17-/m0/s1. The molecular formula is C19H18N4O2. The molecule has 0 aliphatic carbocycles. The molecule has 2 aromatic carbocycles. The second kappa shape index (κ2) is 6.76. The highest BCUT2D eigenvalue weighted by molar-refractivity contribution is 5.95. The molecule has 0 fully saturated rings. The summed E-state index contributed by atoms with van der Waals surface area (Å²) in [6.45, 7) is 0.672. The number of hydrogen-bond donors (Lipinski definition) is 1. The van der Waals surface area contributed by atoms with Gasteiger partial charge in [0.2, 0.25) is 0 Å². The van der Waals surface area contributed by atoms with E-state index in [1.54, 1.807) is 17.1 Å². The third-order valence-electron chi connectivity index (χ3n) is 4.29. The van der Waals surface area contributed by atoms with Crippen molar-refractivity contribution in [2.75, 3.05) is 6.61 Å². The summed E-state index contributed by atoms with van der Waals surface area (Å²) >= 11 is 0. The molecule has 1 aromatic heterocycles. The number of nitrogens with one attached hydrogen (secondary N) is 1. The van der Waals surface area contributed by atoms with Crippen molar-refractivity contribution in [2.24, 2.45) is 0 Å². The average Bonchev–Trinajstić information content (AvgIpc) is 3.12. The summed E-state index contributed by atoms with van der Waals surface area (Å²) in [7, 11) is 0. The van der Waals surface area contributed by atoms with Gasteiger partial charge in [0.05, 0.1) is 18.3 Å². The fourth-order valence-corrected chi connectivity index (χ4v) is 3.05. The Morgan fingerprint density at radius 1 is 1.20 bits per heavy atom. The zero-order valence-corrected chi connectivity index (χ0v) is 13.6. The van der Waals surface area contributed by atoms with Crippen molar-refractivity contribution in [2.45, 2.75) is 18.9 Å². The van der Waals surface area contributed by atoms with Crippen molar-refractivity contribution in [1.82, 2.24) is 20.1 Å². The van der Waals surface area contributed by atoms with Gasteiger partial charge >= 0.3 is 0 Å². The summed E-state index contributed by atoms with van der Waals surface area (Å²) in [4.78, 5) is 16.7. The number of benzene rings is 2. The van der Waals surface area contributed by atoms with E-state index >= 15 is 0 Å². The number of carbonyl (C=O) groups is 1. The van der Waals surface area contributed by atoms with Crippen LogP contribution in [0, 0.1) is 0 Å². The van der Waals surface area contributed by atoms with Crippen LogP contribution in [0.4, 0.5) is 0 Å². The van der Waals surface area contributed by atoms with Crippen LogP contribution in [-0.4, -0.2) is 27.3 Å². The highest BCUT2D eigenvalue weighted by Gasteiger charge is 2.21. The average molecular weight is 334 g/mol. The van der Waals surface area contributed by atoms with Crippen LogP contribution < -0.4 is 10.1 Å². The Morgan fingerprint density at radius 3 is 3.00 bits per heavy atom. The minimum absolute atomic E-state index is 0.0544. The Bertz CT molecular complexity index is 877. The van der Waals surface area contributed by atoms with E-state index in [4.69, 9.17) is 4.74 Å². The van der Waals surface area contributed by atoms with Gasteiger partial charge in [-0.25, -0.2) is 9.67 Å². The first-order valence-corrected chi connectivity index (χ1v) is 8.29. The monoisotopic (exact) mass is 334 g/mol. The molecule has 0 saturated carbocycles. The number of hydrogen-bond acceptors (Lipinski definition) is 4. The number of carbonyl (C=O) groups excluding carboxylic acids is 1. The number of aromatic nitrogens is 3. The topological polar surface area (TPSA) is 69.0 Å². The summed E-state index contributed by atoms with van der Waals surface area (Å²) in [5, 5.41) is 7.24. The molecule has 3 aromatic rings. The lowest BCUT2D eigenvalue weighted by atomic mass is 10.0. The van der Waals surface area contributed by atoms with Crippen LogP contribution in [0.25, 0.3) is 5.69 Å². The zero-order chi connectivity index (χ0) is 17.1. The van der Waals surface area contributed by atoms with Crippen molar-refractivity contribution < 1.29 is 9.53 Å². The maximum atomic E-state index is 12.8. The van der Waals surface area contributed by atoms with Crippen LogP contribution in [0.2, 0.25) is 0 Å². The minimum Gasteiger partial charge on any atom is -0.493 e. The molecule has 1 aliphatic rings. The zero-order valence-electron chi connectivity index (χ0n) is 13.6. The minimum atomic E-state index is -0.108. The summed E-state index contributed by atoms with van der Waals surface area (Å²) in [6.07, 6.45) is 4.83. The SMILES string of the molecule is O=C(N[C@H]1CCCOc2ccccc21)c1cccc(-n2cncn2)c1. The van der Waals surface area contributed by atoms with Crippen molar-refractivity contribution in [3.8, 4) is 11.4 Å². The Labute approximate surface area is 145 Å². The van der Waals surface area contributed by atoms with E-state index in [2.05, 4.69) is 15.4 Å². The molecule has 0 saturated heterocycles. The lowest BCUT2D eigenvalue weighted by Gasteiger charge is -2.18. The smallest absolute Gasteiger partial charge is 0.251 e. The summed E-state index contributed by atoms with van der Waals surface area (Å²) in [5.74, 6) is 0.741. The first-order chi connectivity index (χ1) is 12.3. The predicted octanol–water partition coefficient (Wildman–Crippen LogP) is 2.91. The largest absolute Gasteiger partial charge is 0.493 e. The Kier molecular flexibility index (Phi) is 4.16. The van der Waals surface area contributed by atoms with Gasteiger partial charge in [0.25, 0.3) is 5.91 Å². The van der Waals surface area contributed by atoms with Gasteiger partial charge in [-0.3, -0.25) is 4.79 Å².